The second kappa shape index (κ2) is 10.0. The fourth-order valence-corrected chi connectivity index (χ4v) is 3.59. The number of hydrogen-bond acceptors (Lipinski definition) is 3. The van der Waals surface area contributed by atoms with E-state index < -0.39 is 10.0 Å². The maximum Gasteiger partial charge on any atom is 0.240 e. The number of para-hydroxylation sites is 1. The van der Waals surface area contributed by atoms with Gasteiger partial charge in [-0.2, -0.15) is 0 Å². The molecule has 0 spiro atoms. The van der Waals surface area contributed by atoms with Gasteiger partial charge in [0, 0.05) is 12.2 Å². The monoisotopic (exact) mass is 422 g/mol. The summed E-state index contributed by atoms with van der Waals surface area (Å²) in [6, 6.07) is 24.9. The van der Waals surface area contributed by atoms with Crippen molar-refractivity contribution < 1.29 is 8.42 Å². The van der Waals surface area contributed by atoms with Gasteiger partial charge >= 0.3 is 0 Å². The van der Waals surface area contributed by atoms with Crippen LogP contribution in [0.5, 0.6) is 0 Å². The zero-order valence-corrected chi connectivity index (χ0v) is 17.9. The lowest BCUT2D eigenvalue weighted by atomic mass is 10.1. The van der Waals surface area contributed by atoms with Gasteiger partial charge in [-0.3, -0.25) is 0 Å². The highest BCUT2D eigenvalue weighted by Gasteiger charge is 2.11. The van der Waals surface area contributed by atoms with Gasteiger partial charge < -0.3 is 10.6 Å². The van der Waals surface area contributed by atoms with Gasteiger partial charge in [0.05, 0.1) is 11.4 Å². The molecule has 0 fully saturated rings. The molecule has 0 aliphatic heterocycles. The Hall–Kier alpha value is -3.16. The first-order chi connectivity index (χ1) is 14.5. The van der Waals surface area contributed by atoms with Crippen molar-refractivity contribution in [2.24, 2.45) is 4.99 Å². The van der Waals surface area contributed by atoms with Crippen molar-refractivity contribution in [3.63, 3.8) is 0 Å². The van der Waals surface area contributed by atoms with Crippen LogP contribution < -0.4 is 15.4 Å². The molecule has 3 N–H and O–H groups in total. The van der Waals surface area contributed by atoms with Gasteiger partial charge in [0.1, 0.15) is 0 Å². The van der Waals surface area contributed by atoms with E-state index >= 15 is 0 Å². The van der Waals surface area contributed by atoms with Gasteiger partial charge in [0.2, 0.25) is 10.0 Å². The number of aryl methyl sites for hydroxylation is 1. The van der Waals surface area contributed by atoms with Gasteiger partial charge in [0.25, 0.3) is 0 Å². The van der Waals surface area contributed by atoms with E-state index in [4.69, 9.17) is 0 Å². The number of rotatable bonds is 7. The van der Waals surface area contributed by atoms with E-state index in [0.29, 0.717) is 19.0 Å². The van der Waals surface area contributed by atoms with Crippen molar-refractivity contribution in [3.8, 4) is 0 Å². The molecule has 3 aromatic carbocycles. The minimum atomic E-state index is -3.49. The Balaban J connectivity index is 1.77. The molecule has 156 valence electrons. The van der Waals surface area contributed by atoms with E-state index in [1.165, 1.54) is 12.6 Å². The molecule has 7 heteroatoms. The molecule has 6 nitrogen and oxygen atoms in total. The van der Waals surface area contributed by atoms with E-state index in [9.17, 15) is 8.42 Å². The smallest absolute Gasteiger partial charge is 0.240 e. The minimum absolute atomic E-state index is 0.225. The molecule has 0 atom stereocenters. The average Bonchev–Trinajstić information content (AvgIpc) is 2.77. The Labute approximate surface area is 178 Å². The third kappa shape index (κ3) is 6.17. The zero-order chi connectivity index (χ0) is 21.4. The van der Waals surface area contributed by atoms with E-state index in [2.05, 4.69) is 51.5 Å². The normalized spacial score (nSPS) is 11.9. The predicted octanol–water partition coefficient (Wildman–Crippen LogP) is 3.66. The Morgan fingerprint density at radius 3 is 2.33 bits per heavy atom. The molecular weight excluding hydrogens is 396 g/mol. The molecule has 0 aliphatic rings. The topological polar surface area (TPSA) is 82.6 Å². The third-order valence-corrected chi connectivity index (χ3v) is 5.93. The quantitative estimate of drug-likeness (QED) is 0.401. The highest BCUT2D eigenvalue weighted by Crippen LogP contribution is 2.12. The zero-order valence-electron chi connectivity index (χ0n) is 17.1. The van der Waals surface area contributed by atoms with Gasteiger partial charge in [-0.25, -0.2) is 18.1 Å². The van der Waals surface area contributed by atoms with Crippen LogP contribution in [0.4, 0.5) is 5.69 Å². The van der Waals surface area contributed by atoms with Crippen LogP contribution in [0.2, 0.25) is 0 Å². The molecule has 0 amide bonds. The fourth-order valence-electron chi connectivity index (χ4n) is 2.79. The first-order valence-corrected chi connectivity index (χ1v) is 11.1. The highest BCUT2D eigenvalue weighted by atomic mass is 32.2. The predicted molar refractivity (Wildman–Crippen MR) is 122 cm³/mol. The summed E-state index contributed by atoms with van der Waals surface area (Å²) in [5.74, 6) is 0.614. The number of hydrogen-bond donors (Lipinski definition) is 3. The molecule has 0 bridgehead atoms. The largest absolute Gasteiger partial charge is 0.352 e. The maximum absolute atomic E-state index is 12.0. The first-order valence-electron chi connectivity index (χ1n) is 9.65. The van der Waals surface area contributed by atoms with E-state index in [-0.39, 0.29) is 4.90 Å². The van der Waals surface area contributed by atoms with Crippen molar-refractivity contribution >= 4 is 21.7 Å². The van der Waals surface area contributed by atoms with Crippen molar-refractivity contribution in [1.29, 1.82) is 0 Å². The number of nitrogens with zero attached hydrogens (tertiary/aromatic N) is 1. The third-order valence-electron chi connectivity index (χ3n) is 4.51. The molecule has 3 aromatic rings. The number of anilines is 1. The molecular formula is C23H26N4O2S. The molecule has 0 radical (unpaired) electrons. The standard InChI is InChI=1S/C23H26N4O2S/c1-18-11-13-19(14-12-18)16-25-23(27-21-8-4-3-5-9-21)26-17-20-7-6-10-22(15-20)30(28,29)24-2/h3-15,24H,16-17H2,1-2H3,(H2,25,26,27). The van der Waals surface area contributed by atoms with Crippen LogP contribution in [0.15, 0.2) is 88.8 Å². The van der Waals surface area contributed by atoms with E-state index in [1.54, 1.807) is 18.2 Å². The Morgan fingerprint density at radius 1 is 0.900 bits per heavy atom. The molecule has 3 rings (SSSR count). The van der Waals surface area contributed by atoms with Crippen LogP contribution in [-0.2, 0) is 23.1 Å². The lowest BCUT2D eigenvalue weighted by Gasteiger charge is -2.13. The van der Waals surface area contributed by atoms with E-state index in [0.717, 1.165) is 16.8 Å². The van der Waals surface area contributed by atoms with Gasteiger partial charge in [-0.05, 0) is 49.4 Å². The lowest BCUT2D eigenvalue weighted by Crippen LogP contribution is -2.30. The number of sulfonamides is 1. The molecule has 0 saturated carbocycles. The van der Waals surface area contributed by atoms with Crippen LogP contribution in [0.1, 0.15) is 16.7 Å². The molecule has 0 saturated heterocycles. The summed E-state index contributed by atoms with van der Waals surface area (Å²) < 4.78 is 26.4. The molecule has 0 aliphatic carbocycles. The Bertz CT molecular complexity index is 1100. The van der Waals surface area contributed by atoms with Crippen molar-refractivity contribution in [3.05, 3.63) is 95.6 Å². The molecule has 30 heavy (non-hydrogen) atoms. The second-order valence-corrected chi connectivity index (χ2v) is 8.74. The molecule has 0 heterocycles. The summed E-state index contributed by atoms with van der Waals surface area (Å²) in [6.45, 7) is 3.01. The highest BCUT2D eigenvalue weighted by molar-refractivity contribution is 7.89. The van der Waals surface area contributed by atoms with Gasteiger partial charge in [-0.1, -0.05) is 60.2 Å². The average molecular weight is 423 g/mol. The minimum Gasteiger partial charge on any atom is -0.352 e. The van der Waals surface area contributed by atoms with Crippen LogP contribution >= 0.6 is 0 Å². The molecule has 0 unspecified atom stereocenters. The van der Waals surface area contributed by atoms with Gasteiger partial charge in [0.15, 0.2) is 5.96 Å². The number of nitrogens with one attached hydrogen (secondary N) is 3. The summed E-state index contributed by atoms with van der Waals surface area (Å²) in [6.07, 6.45) is 0. The maximum atomic E-state index is 12.0. The number of benzene rings is 3. The van der Waals surface area contributed by atoms with Crippen LogP contribution in [-0.4, -0.2) is 21.4 Å². The molecule has 0 aromatic heterocycles. The van der Waals surface area contributed by atoms with E-state index in [1.807, 2.05) is 36.4 Å². The van der Waals surface area contributed by atoms with Crippen molar-refractivity contribution in [2.75, 3.05) is 12.4 Å². The van der Waals surface area contributed by atoms with Crippen LogP contribution in [0, 0.1) is 6.92 Å². The van der Waals surface area contributed by atoms with Crippen molar-refractivity contribution in [1.82, 2.24) is 10.0 Å². The van der Waals surface area contributed by atoms with Crippen molar-refractivity contribution in [2.45, 2.75) is 24.9 Å². The Morgan fingerprint density at radius 2 is 1.63 bits per heavy atom. The summed E-state index contributed by atoms with van der Waals surface area (Å²) in [5.41, 5.74) is 4.08. The van der Waals surface area contributed by atoms with Crippen LogP contribution in [0.3, 0.4) is 0 Å². The number of guanidine groups is 1. The lowest BCUT2D eigenvalue weighted by molar-refractivity contribution is 0.588. The number of aliphatic imine (C=N–C) groups is 1. The summed E-state index contributed by atoms with van der Waals surface area (Å²) in [7, 11) is -2.09. The van der Waals surface area contributed by atoms with Crippen LogP contribution in [0.25, 0.3) is 0 Å². The summed E-state index contributed by atoms with van der Waals surface area (Å²) >= 11 is 0. The summed E-state index contributed by atoms with van der Waals surface area (Å²) in [4.78, 5) is 4.87. The van der Waals surface area contributed by atoms with Gasteiger partial charge in [-0.15, -0.1) is 0 Å². The fraction of sp³-hybridized carbons (Fsp3) is 0.174. The second-order valence-electron chi connectivity index (χ2n) is 6.85. The first kappa shape index (κ1) is 21.5. The Kier molecular flexibility index (Phi) is 7.21. The summed E-state index contributed by atoms with van der Waals surface area (Å²) in [5, 5.41) is 6.63. The SMILES string of the molecule is CNS(=O)(=O)c1cccc(CN=C(NCc2ccc(C)cc2)Nc2ccccc2)c1.